The Morgan fingerprint density at radius 3 is 2.62 bits per heavy atom. The van der Waals surface area contributed by atoms with Crippen LogP contribution in [-0.2, 0) is 0 Å². The number of halogens is 1. The first-order chi connectivity index (χ1) is 7.59. The molecule has 0 spiro atoms. The van der Waals surface area contributed by atoms with Crippen LogP contribution >= 0.6 is 15.9 Å². The molecule has 2 N–H and O–H groups in total. The Kier molecular flexibility index (Phi) is 3.07. The van der Waals surface area contributed by atoms with Crippen LogP contribution in [0.2, 0.25) is 0 Å². The third-order valence-corrected chi connectivity index (χ3v) is 2.94. The van der Waals surface area contributed by atoms with E-state index >= 15 is 0 Å². The highest BCUT2D eigenvalue weighted by atomic mass is 79.9. The smallest absolute Gasteiger partial charge is 0.153 e. The van der Waals surface area contributed by atoms with Crippen molar-refractivity contribution in [3.63, 3.8) is 0 Å². The summed E-state index contributed by atoms with van der Waals surface area (Å²) in [4.78, 5) is 4.29. The van der Waals surface area contributed by atoms with Crippen LogP contribution in [0.25, 0.3) is 5.82 Å². The third-order valence-electron chi connectivity index (χ3n) is 2.47. The van der Waals surface area contributed by atoms with Crippen LogP contribution in [0.1, 0.15) is 24.2 Å². The van der Waals surface area contributed by atoms with Gasteiger partial charge in [0.1, 0.15) is 0 Å². The van der Waals surface area contributed by atoms with Crippen LogP contribution in [0.3, 0.4) is 0 Å². The SMILES string of the molecule is Cc1c(C(C)N)cnn1-c1ccc(Br)cn1. The van der Waals surface area contributed by atoms with Crippen LogP contribution in [0.15, 0.2) is 29.0 Å². The quantitative estimate of drug-likeness (QED) is 0.919. The fourth-order valence-electron chi connectivity index (χ4n) is 1.59. The summed E-state index contributed by atoms with van der Waals surface area (Å²) in [5.41, 5.74) is 7.93. The maximum Gasteiger partial charge on any atom is 0.153 e. The van der Waals surface area contributed by atoms with Crippen molar-refractivity contribution in [2.75, 3.05) is 0 Å². The molecule has 84 valence electrons. The molecule has 16 heavy (non-hydrogen) atoms. The largest absolute Gasteiger partial charge is 0.324 e. The van der Waals surface area contributed by atoms with Gasteiger partial charge in [0.15, 0.2) is 5.82 Å². The zero-order valence-corrected chi connectivity index (χ0v) is 10.8. The lowest BCUT2D eigenvalue weighted by Gasteiger charge is -2.06. The van der Waals surface area contributed by atoms with Gasteiger partial charge in [0.25, 0.3) is 0 Å². The molecule has 0 saturated heterocycles. The number of hydrogen-bond acceptors (Lipinski definition) is 3. The topological polar surface area (TPSA) is 56.7 Å². The van der Waals surface area contributed by atoms with Crippen molar-refractivity contribution in [1.29, 1.82) is 0 Å². The molecule has 5 heteroatoms. The van der Waals surface area contributed by atoms with Crippen molar-refractivity contribution in [3.05, 3.63) is 40.3 Å². The van der Waals surface area contributed by atoms with Gasteiger partial charge in [-0.2, -0.15) is 5.10 Å². The van der Waals surface area contributed by atoms with Gasteiger partial charge in [-0.25, -0.2) is 9.67 Å². The second-order valence-corrected chi connectivity index (χ2v) is 4.64. The molecule has 0 aromatic carbocycles. The van der Waals surface area contributed by atoms with Crippen LogP contribution < -0.4 is 5.73 Å². The number of nitrogens with zero attached hydrogens (tertiary/aromatic N) is 3. The summed E-state index contributed by atoms with van der Waals surface area (Å²) < 4.78 is 2.75. The average Bonchev–Trinajstić information content (AvgIpc) is 2.61. The second kappa shape index (κ2) is 4.35. The van der Waals surface area contributed by atoms with Gasteiger partial charge in [-0.05, 0) is 41.9 Å². The first kappa shape index (κ1) is 11.3. The van der Waals surface area contributed by atoms with E-state index in [4.69, 9.17) is 5.73 Å². The Morgan fingerprint density at radius 2 is 2.12 bits per heavy atom. The number of hydrogen-bond donors (Lipinski definition) is 1. The van der Waals surface area contributed by atoms with E-state index in [1.54, 1.807) is 17.1 Å². The molecule has 1 unspecified atom stereocenters. The molecule has 0 aliphatic heterocycles. The summed E-state index contributed by atoms with van der Waals surface area (Å²) in [5, 5.41) is 4.30. The highest BCUT2D eigenvalue weighted by molar-refractivity contribution is 9.10. The van der Waals surface area contributed by atoms with E-state index in [0.29, 0.717) is 0 Å². The highest BCUT2D eigenvalue weighted by Gasteiger charge is 2.11. The molecule has 2 aromatic heterocycles. The molecular formula is C11H13BrN4. The van der Waals surface area contributed by atoms with E-state index in [0.717, 1.165) is 21.5 Å². The summed E-state index contributed by atoms with van der Waals surface area (Å²) >= 11 is 3.35. The van der Waals surface area contributed by atoms with E-state index < -0.39 is 0 Å². The van der Waals surface area contributed by atoms with Gasteiger partial charge in [-0.1, -0.05) is 0 Å². The van der Waals surface area contributed by atoms with Crippen LogP contribution in [0.4, 0.5) is 0 Å². The lowest BCUT2D eigenvalue weighted by molar-refractivity contribution is 0.787. The van der Waals surface area contributed by atoms with Gasteiger partial charge in [0.05, 0.1) is 6.20 Å². The van der Waals surface area contributed by atoms with Gasteiger partial charge in [-0.15, -0.1) is 0 Å². The fourth-order valence-corrected chi connectivity index (χ4v) is 1.83. The van der Waals surface area contributed by atoms with Crippen molar-refractivity contribution >= 4 is 15.9 Å². The predicted octanol–water partition coefficient (Wildman–Crippen LogP) is 2.36. The monoisotopic (exact) mass is 280 g/mol. The Bertz CT molecular complexity index is 487. The average molecular weight is 281 g/mol. The maximum atomic E-state index is 5.85. The second-order valence-electron chi connectivity index (χ2n) is 3.72. The molecule has 2 heterocycles. The molecule has 0 aliphatic rings. The van der Waals surface area contributed by atoms with Crippen LogP contribution in [0.5, 0.6) is 0 Å². The van der Waals surface area contributed by atoms with Crippen LogP contribution in [0, 0.1) is 6.92 Å². The minimum atomic E-state index is -0.0100. The lowest BCUT2D eigenvalue weighted by Crippen LogP contribution is -2.07. The molecule has 0 saturated carbocycles. The molecule has 4 nitrogen and oxygen atoms in total. The van der Waals surface area contributed by atoms with Crippen molar-refractivity contribution in [2.24, 2.45) is 5.73 Å². The van der Waals surface area contributed by atoms with Gasteiger partial charge in [0.2, 0.25) is 0 Å². The fraction of sp³-hybridized carbons (Fsp3) is 0.273. The Hall–Kier alpha value is -1.20. The molecular weight excluding hydrogens is 268 g/mol. The standard InChI is InChI=1S/C11H13BrN4/c1-7(13)10-6-15-16(8(10)2)11-4-3-9(12)5-14-11/h3-7H,13H2,1-2H3. The van der Waals surface area contributed by atoms with Gasteiger partial charge in [-0.3, -0.25) is 0 Å². The normalized spacial score (nSPS) is 12.8. The lowest BCUT2D eigenvalue weighted by atomic mass is 10.1. The minimum absolute atomic E-state index is 0.0100. The highest BCUT2D eigenvalue weighted by Crippen LogP contribution is 2.18. The van der Waals surface area contributed by atoms with Gasteiger partial charge >= 0.3 is 0 Å². The number of rotatable bonds is 2. The maximum absolute atomic E-state index is 5.85. The molecule has 0 bridgehead atoms. The van der Waals surface area contributed by atoms with E-state index in [-0.39, 0.29) is 6.04 Å². The van der Waals surface area contributed by atoms with Crippen molar-refractivity contribution in [2.45, 2.75) is 19.9 Å². The van der Waals surface area contributed by atoms with E-state index in [2.05, 4.69) is 26.0 Å². The first-order valence-electron chi connectivity index (χ1n) is 5.01. The number of nitrogens with two attached hydrogens (primary N) is 1. The number of pyridine rings is 1. The van der Waals surface area contributed by atoms with Crippen molar-refractivity contribution in [1.82, 2.24) is 14.8 Å². The molecule has 0 fully saturated rings. The van der Waals surface area contributed by atoms with Gasteiger partial charge < -0.3 is 5.73 Å². The van der Waals surface area contributed by atoms with E-state index in [9.17, 15) is 0 Å². The van der Waals surface area contributed by atoms with E-state index in [1.165, 1.54) is 0 Å². The summed E-state index contributed by atoms with van der Waals surface area (Å²) in [6.07, 6.45) is 3.55. The summed E-state index contributed by atoms with van der Waals surface area (Å²) in [6, 6.07) is 3.84. The molecule has 0 amide bonds. The van der Waals surface area contributed by atoms with Crippen molar-refractivity contribution < 1.29 is 0 Å². The van der Waals surface area contributed by atoms with Gasteiger partial charge in [0, 0.05) is 28.0 Å². The zero-order valence-electron chi connectivity index (χ0n) is 9.18. The van der Waals surface area contributed by atoms with Crippen molar-refractivity contribution in [3.8, 4) is 5.82 Å². The molecule has 2 aromatic rings. The molecule has 0 radical (unpaired) electrons. The summed E-state index contributed by atoms with van der Waals surface area (Å²) in [5.74, 6) is 0.799. The first-order valence-corrected chi connectivity index (χ1v) is 5.81. The Morgan fingerprint density at radius 1 is 1.38 bits per heavy atom. The van der Waals surface area contributed by atoms with E-state index in [1.807, 2.05) is 26.0 Å². The Labute approximate surface area is 103 Å². The molecule has 0 aliphatic carbocycles. The molecule has 2 rings (SSSR count). The minimum Gasteiger partial charge on any atom is -0.324 e. The third kappa shape index (κ3) is 2.01. The predicted molar refractivity (Wildman–Crippen MR) is 66.4 cm³/mol. The Balaban J connectivity index is 2.45. The van der Waals surface area contributed by atoms with Crippen LogP contribution in [-0.4, -0.2) is 14.8 Å². The summed E-state index contributed by atoms with van der Waals surface area (Å²) in [7, 11) is 0. The summed E-state index contributed by atoms with van der Waals surface area (Å²) in [6.45, 7) is 3.94. The number of aromatic nitrogens is 3. The molecule has 1 atom stereocenters. The zero-order chi connectivity index (χ0) is 11.7.